The Morgan fingerprint density at radius 3 is 2.44 bits per heavy atom. The van der Waals surface area contributed by atoms with Crippen molar-refractivity contribution in [1.82, 2.24) is 0 Å². The van der Waals surface area contributed by atoms with Gasteiger partial charge in [0.2, 0.25) is 0 Å². The third-order valence-electron chi connectivity index (χ3n) is 1.63. The maximum absolute atomic E-state index is 12.0. The quantitative estimate of drug-likeness (QED) is 0.764. The molecule has 0 aliphatic rings. The summed E-state index contributed by atoms with van der Waals surface area (Å²) in [5.74, 6) is -0.988. The molecule has 1 aromatic carbocycles. The molecule has 0 spiro atoms. The minimum absolute atomic E-state index is 0.0728. The summed E-state index contributed by atoms with van der Waals surface area (Å²) >= 11 is 8.57. The molecule has 1 rings (SSSR count). The lowest BCUT2D eigenvalue weighted by atomic mass is 10.1. The highest BCUT2D eigenvalue weighted by molar-refractivity contribution is 9.10. The van der Waals surface area contributed by atoms with Crippen LogP contribution in [0.1, 0.15) is 17.3 Å². The van der Waals surface area contributed by atoms with Gasteiger partial charge >= 0.3 is 6.36 Å². The molecule has 0 heterocycles. The summed E-state index contributed by atoms with van der Waals surface area (Å²) in [5.41, 5.74) is 0.0728. The third kappa shape index (κ3) is 3.38. The lowest BCUT2D eigenvalue weighted by molar-refractivity contribution is -0.274. The number of hydrogen-bond donors (Lipinski definition) is 0. The minimum Gasteiger partial charge on any atom is -0.404 e. The molecule has 0 amide bonds. The Kier molecular flexibility index (Phi) is 3.85. The summed E-state index contributed by atoms with van der Waals surface area (Å²) in [5, 5.41) is -0.228. The standard InChI is InChI=1S/C9H5BrClF3O2/c1-4(15)5-2-8(16-9(12,13)14)7(11)3-6(5)10/h2-3H,1H3. The molecule has 0 saturated heterocycles. The van der Waals surface area contributed by atoms with Crippen molar-refractivity contribution in [3.05, 3.63) is 27.2 Å². The molecule has 0 saturated carbocycles. The Morgan fingerprint density at radius 2 is 2.00 bits per heavy atom. The van der Waals surface area contributed by atoms with Crippen molar-refractivity contribution in [3.8, 4) is 5.75 Å². The summed E-state index contributed by atoms with van der Waals surface area (Å²) < 4.78 is 39.9. The van der Waals surface area contributed by atoms with Crippen LogP contribution in [0.25, 0.3) is 0 Å². The Hall–Kier alpha value is -0.750. The van der Waals surface area contributed by atoms with Crippen molar-refractivity contribution in [3.63, 3.8) is 0 Å². The van der Waals surface area contributed by atoms with Crippen LogP contribution in [0.4, 0.5) is 13.2 Å². The second-order valence-corrected chi connectivity index (χ2v) is 4.13. The van der Waals surface area contributed by atoms with Gasteiger partial charge in [-0.15, -0.1) is 13.2 Å². The van der Waals surface area contributed by atoms with Crippen molar-refractivity contribution in [1.29, 1.82) is 0 Å². The summed E-state index contributed by atoms with van der Waals surface area (Å²) in [6.45, 7) is 1.23. The van der Waals surface area contributed by atoms with Crippen molar-refractivity contribution >= 4 is 33.3 Å². The van der Waals surface area contributed by atoms with Crippen LogP contribution >= 0.6 is 27.5 Å². The third-order valence-corrected chi connectivity index (χ3v) is 2.58. The normalized spacial score (nSPS) is 11.4. The van der Waals surface area contributed by atoms with Gasteiger partial charge in [0.05, 0.1) is 5.02 Å². The highest BCUT2D eigenvalue weighted by atomic mass is 79.9. The maximum Gasteiger partial charge on any atom is 0.573 e. The average Bonchev–Trinajstić information content (AvgIpc) is 2.07. The molecule has 0 fully saturated rings. The predicted molar refractivity (Wildman–Crippen MR) is 55.8 cm³/mol. The molecular weight excluding hydrogens is 312 g/mol. The van der Waals surface area contributed by atoms with E-state index < -0.39 is 17.9 Å². The van der Waals surface area contributed by atoms with Crippen LogP contribution in [0.5, 0.6) is 5.75 Å². The minimum atomic E-state index is -4.84. The Morgan fingerprint density at radius 1 is 1.44 bits per heavy atom. The van der Waals surface area contributed by atoms with Crippen LogP contribution in [-0.2, 0) is 0 Å². The van der Waals surface area contributed by atoms with Gasteiger partial charge in [-0.05, 0) is 35.0 Å². The monoisotopic (exact) mass is 316 g/mol. The van der Waals surface area contributed by atoms with E-state index in [1.54, 1.807) is 0 Å². The maximum atomic E-state index is 12.0. The van der Waals surface area contributed by atoms with Crippen molar-refractivity contribution < 1.29 is 22.7 Å². The number of carbonyl (C=O) groups is 1. The van der Waals surface area contributed by atoms with Crippen LogP contribution in [0.3, 0.4) is 0 Å². The SMILES string of the molecule is CC(=O)c1cc(OC(F)(F)F)c(Cl)cc1Br. The van der Waals surface area contributed by atoms with Gasteiger partial charge in [-0.1, -0.05) is 11.6 Å². The Balaban J connectivity index is 3.20. The zero-order valence-electron chi connectivity index (χ0n) is 7.86. The first kappa shape index (κ1) is 13.3. The molecule has 0 atom stereocenters. The van der Waals surface area contributed by atoms with E-state index in [0.29, 0.717) is 4.47 Å². The summed E-state index contributed by atoms with van der Waals surface area (Å²) in [4.78, 5) is 11.1. The van der Waals surface area contributed by atoms with Crippen molar-refractivity contribution in [2.24, 2.45) is 0 Å². The number of hydrogen-bond acceptors (Lipinski definition) is 2. The summed E-state index contributed by atoms with van der Waals surface area (Å²) in [6, 6.07) is 2.13. The number of Topliss-reactive ketones (excluding diaryl/α,β-unsaturated/α-hetero) is 1. The smallest absolute Gasteiger partial charge is 0.404 e. The van der Waals surface area contributed by atoms with E-state index in [9.17, 15) is 18.0 Å². The zero-order chi connectivity index (χ0) is 12.5. The fourth-order valence-corrected chi connectivity index (χ4v) is 1.96. The topological polar surface area (TPSA) is 26.3 Å². The van der Waals surface area contributed by atoms with Crippen LogP contribution < -0.4 is 4.74 Å². The lowest BCUT2D eigenvalue weighted by Crippen LogP contribution is -2.17. The first-order chi connectivity index (χ1) is 7.20. The van der Waals surface area contributed by atoms with Crippen LogP contribution in [-0.4, -0.2) is 12.1 Å². The second kappa shape index (κ2) is 4.63. The number of ether oxygens (including phenoxy) is 1. The average molecular weight is 317 g/mol. The molecule has 88 valence electrons. The number of alkyl halides is 3. The first-order valence-electron chi connectivity index (χ1n) is 3.96. The van der Waals surface area contributed by atoms with Gasteiger partial charge in [0.25, 0.3) is 0 Å². The van der Waals surface area contributed by atoms with Crippen LogP contribution in [0.15, 0.2) is 16.6 Å². The van der Waals surface area contributed by atoms with Gasteiger partial charge < -0.3 is 4.74 Å². The van der Waals surface area contributed by atoms with Gasteiger partial charge in [-0.3, -0.25) is 4.79 Å². The molecule has 1 aromatic rings. The van der Waals surface area contributed by atoms with Crippen LogP contribution in [0, 0.1) is 0 Å². The van der Waals surface area contributed by atoms with Crippen LogP contribution in [0.2, 0.25) is 5.02 Å². The van der Waals surface area contributed by atoms with E-state index in [0.717, 1.165) is 6.07 Å². The molecule has 7 heteroatoms. The van der Waals surface area contributed by atoms with Gasteiger partial charge in [0.1, 0.15) is 5.75 Å². The highest BCUT2D eigenvalue weighted by Gasteiger charge is 2.32. The summed E-state index contributed by atoms with van der Waals surface area (Å²) in [7, 11) is 0. The van der Waals surface area contributed by atoms with E-state index in [1.165, 1.54) is 13.0 Å². The van der Waals surface area contributed by atoms with E-state index in [4.69, 9.17) is 11.6 Å². The molecular formula is C9H5BrClF3O2. The van der Waals surface area contributed by atoms with Gasteiger partial charge in [0.15, 0.2) is 5.78 Å². The molecule has 0 bridgehead atoms. The second-order valence-electron chi connectivity index (χ2n) is 2.87. The molecule has 0 aliphatic heterocycles. The molecule has 16 heavy (non-hydrogen) atoms. The van der Waals surface area contributed by atoms with Crippen molar-refractivity contribution in [2.75, 3.05) is 0 Å². The molecule has 0 aromatic heterocycles. The number of rotatable bonds is 2. The lowest BCUT2D eigenvalue weighted by Gasteiger charge is -2.12. The summed E-state index contributed by atoms with van der Waals surface area (Å²) in [6.07, 6.45) is -4.84. The number of ketones is 1. The van der Waals surface area contributed by atoms with Gasteiger partial charge in [0, 0.05) is 10.0 Å². The molecule has 0 aliphatic carbocycles. The largest absolute Gasteiger partial charge is 0.573 e. The molecule has 0 unspecified atom stereocenters. The highest BCUT2D eigenvalue weighted by Crippen LogP contribution is 2.34. The predicted octanol–water partition coefficient (Wildman–Crippen LogP) is 4.20. The van der Waals surface area contributed by atoms with E-state index in [-0.39, 0.29) is 10.6 Å². The zero-order valence-corrected chi connectivity index (χ0v) is 10.2. The fourth-order valence-electron chi connectivity index (χ4n) is 1.00. The van der Waals surface area contributed by atoms with Gasteiger partial charge in [-0.25, -0.2) is 0 Å². The Bertz CT molecular complexity index is 431. The van der Waals surface area contributed by atoms with E-state index >= 15 is 0 Å². The van der Waals surface area contributed by atoms with Crippen molar-refractivity contribution in [2.45, 2.75) is 13.3 Å². The Labute approximate surface area is 102 Å². The fraction of sp³-hybridized carbons (Fsp3) is 0.222. The number of carbonyl (C=O) groups excluding carboxylic acids is 1. The van der Waals surface area contributed by atoms with Gasteiger partial charge in [-0.2, -0.15) is 0 Å². The van der Waals surface area contributed by atoms with E-state index in [1.807, 2.05) is 0 Å². The first-order valence-corrected chi connectivity index (χ1v) is 5.13. The number of benzene rings is 1. The van der Waals surface area contributed by atoms with E-state index in [2.05, 4.69) is 20.7 Å². The molecule has 0 radical (unpaired) electrons. The number of halogens is 5. The molecule has 2 nitrogen and oxygen atoms in total. The molecule has 0 N–H and O–H groups in total.